The van der Waals surface area contributed by atoms with Gasteiger partial charge in [-0.2, -0.15) is 0 Å². The summed E-state index contributed by atoms with van der Waals surface area (Å²) in [4.78, 5) is 24.3. The second-order valence-electron chi connectivity index (χ2n) is 4.94. The van der Waals surface area contributed by atoms with Crippen molar-refractivity contribution in [3.8, 4) is 5.75 Å². The zero-order valence-corrected chi connectivity index (χ0v) is 12.6. The van der Waals surface area contributed by atoms with Crippen molar-refractivity contribution in [1.29, 1.82) is 0 Å². The lowest BCUT2D eigenvalue weighted by atomic mass is 10.2. The van der Waals surface area contributed by atoms with Gasteiger partial charge in [0.25, 0.3) is 0 Å². The standard InChI is InChI=1S/C16H23NO4/c1-3-13(2)17(12-16(19)20)15(18)10-7-11-21-14-8-5-4-6-9-14/h4-6,8-9,13H,3,7,10-12H2,1-2H3,(H,19,20). The van der Waals surface area contributed by atoms with E-state index in [0.717, 1.165) is 12.2 Å². The van der Waals surface area contributed by atoms with Gasteiger partial charge in [-0.25, -0.2) is 0 Å². The zero-order valence-electron chi connectivity index (χ0n) is 12.6. The molecule has 1 aromatic carbocycles. The van der Waals surface area contributed by atoms with Crippen LogP contribution in [-0.4, -0.2) is 41.1 Å². The minimum Gasteiger partial charge on any atom is -0.494 e. The molecule has 0 spiro atoms. The number of carboxylic acid groups (broad SMARTS) is 1. The van der Waals surface area contributed by atoms with E-state index in [2.05, 4.69) is 0 Å². The third-order valence-electron chi connectivity index (χ3n) is 3.30. The van der Waals surface area contributed by atoms with Crippen LogP contribution in [0.3, 0.4) is 0 Å². The molecule has 0 aliphatic rings. The number of amides is 1. The number of hydrogen-bond acceptors (Lipinski definition) is 3. The second kappa shape index (κ2) is 9.00. The Bertz CT molecular complexity index is 447. The molecule has 0 heterocycles. The van der Waals surface area contributed by atoms with Crippen molar-refractivity contribution in [3.05, 3.63) is 30.3 Å². The first-order valence-electron chi connectivity index (χ1n) is 7.23. The Kier molecular flexibility index (Phi) is 7.29. The van der Waals surface area contributed by atoms with E-state index < -0.39 is 5.97 Å². The number of benzene rings is 1. The summed E-state index contributed by atoms with van der Waals surface area (Å²) < 4.78 is 5.52. The fourth-order valence-corrected chi connectivity index (χ4v) is 1.93. The van der Waals surface area contributed by atoms with Crippen LogP contribution in [0.1, 0.15) is 33.1 Å². The fourth-order valence-electron chi connectivity index (χ4n) is 1.93. The number of hydrogen-bond donors (Lipinski definition) is 1. The molecule has 1 rings (SSSR count). The van der Waals surface area contributed by atoms with Crippen molar-refractivity contribution in [2.75, 3.05) is 13.2 Å². The minimum atomic E-state index is -0.982. The van der Waals surface area contributed by atoms with Crippen molar-refractivity contribution in [1.82, 2.24) is 4.90 Å². The molecule has 5 heteroatoms. The maximum absolute atomic E-state index is 12.1. The van der Waals surface area contributed by atoms with Crippen LogP contribution in [-0.2, 0) is 9.59 Å². The van der Waals surface area contributed by atoms with E-state index in [1.807, 2.05) is 44.2 Å². The molecule has 0 saturated heterocycles. The van der Waals surface area contributed by atoms with E-state index in [1.165, 1.54) is 4.90 Å². The summed E-state index contributed by atoms with van der Waals surface area (Å²) in [6.07, 6.45) is 1.60. The molecule has 1 atom stereocenters. The van der Waals surface area contributed by atoms with Gasteiger partial charge in [0.2, 0.25) is 5.91 Å². The number of carbonyl (C=O) groups excluding carboxylic acids is 1. The molecule has 0 aromatic heterocycles. The first kappa shape index (κ1) is 17.0. The molecule has 0 fully saturated rings. The summed E-state index contributed by atoms with van der Waals surface area (Å²) in [5.74, 6) is -0.345. The molecule has 1 aromatic rings. The quantitative estimate of drug-likeness (QED) is 0.711. The van der Waals surface area contributed by atoms with Gasteiger partial charge in [-0.1, -0.05) is 25.1 Å². The SMILES string of the molecule is CCC(C)N(CC(=O)O)C(=O)CCCOc1ccccc1. The fraction of sp³-hybridized carbons (Fsp3) is 0.500. The van der Waals surface area contributed by atoms with Crippen LogP contribution < -0.4 is 4.74 Å². The number of rotatable bonds is 9. The number of nitrogens with zero attached hydrogens (tertiary/aromatic N) is 1. The molecule has 0 aliphatic heterocycles. The van der Waals surface area contributed by atoms with E-state index in [-0.39, 0.29) is 18.5 Å². The molecule has 116 valence electrons. The molecule has 0 saturated carbocycles. The highest BCUT2D eigenvalue weighted by Gasteiger charge is 2.20. The predicted octanol–water partition coefficient (Wildman–Crippen LogP) is 2.56. The Morgan fingerprint density at radius 1 is 1.29 bits per heavy atom. The van der Waals surface area contributed by atoms with Gasteiger partial charge in [-0.15, -0.1) is 0 Å². The number of ether oxygens (including phenoxy) is 1. The van der Waals surface area contributed by atoms with Gasteiger partial charge in [-0.05, 0) is 31.9 Å². The van der Waals surface area contributed by atoms with Gasteiger partial charge >= 0.3 is 5.97 Å². The maximum atomic E-state index is 12.1. The maximum Gasteiger partial charge on any atom is 0.323 e. The molecular formula is C16H23NO4. The van der Waals surface area contributed by atoms with Crippen molar-refractivity contribution in [3.63, 3.8) is 0 Å². The second-order valence-corrected chi connectivity index (χ2v) is 4.94. The summed E-state index contributed by atoms with van der Waals surface area (Å²) in [6.45, 7) is 4.00. The van der Waals surface area contributed by atoms with Crippen LogP contribution >= 0.6 is 0 Å². The number of carbonyl (C=O) groups is 2. The third-order valence-corrected chi connectivity index (χ3v) is 3.30. The zero-order chi connectivity index (χ0) is 15.7. The molecule has 0 radical (unpaired) electrons. The van der Waals surface area contributed by atoms with Crippen LogP contribution in [0.5, 0.6) is 5.75 Å². The highest BCUT2D eigenvalue weighted by Crippen LogP contribution is 2.10. The molecule has 0 aliphatic carbocycles. The molecule has 0 bridgehead atoms. The van der Waals surface area contributed by atoms with E-state index in [9.17, 15) is 9.59 Å². The molecule has 1 amide bonds. The van der Waals surface area contributed by atoms with Crippen LogP contribution in [0, 0.1) is 0 Å². The topological polar surface area (TPSA) is 66.8 Å². The van der Waals surface area contributed by atoms with E-state index >= 15 is 0 Å². The summed E-state index contributed by atoms with van der Waals surface area (Å²) >= 11 is 0. The minimum absolute atomic E-state index is 0.0661. The molecule has 1 unspecified atom stereocenters. The average Bonchev–Trinajstić information content (AvgIpc) is 2.49. The van der Waals surface area contributed by atoms with Crippen molar-refractivity contribution < 1.29 is 19.4 Å². The number of para-hydroxylation sites is 1. The summed E-state index contributed by atoms with van der Waals surface area (Å²) in [7, 11) is 0. The lowest BCUT2D eigenvalue weighted by Crippen LogP contribution is -2.41. The van der Waals surface area contributed by atoms with Gasteiger partial charge in [0, 0.05) is 12.5 Å². The van der Waals surface area contributed by atoms with Crippen molar-refractivity contribution >= 4 is 11.9 Å². The molecular weight excluding hydrogens is 270 g/mol. The number of carboxylic acids is 1. The normalized spacial score (nSPS) is 11.7. The number of aliphatic carboxylic acids is 1. The molecule has 21 heavy (non-hydrogen) atoms. The van der Waals surface area contributed by atoms with E-state index in [1.54, 1.807) is 0 Å². The van der Waals surface area contributed by atoms with Crippen LogP contribution in [0.15, 0.2) is 30.3 Å². The predicted molar refractivity (Wildman–Crippen MR) is 80.3 cm³/mol. The van der Waals surface area contributed by atoms with Crippen LogP contribution in [0.2, 0.25) is 0 Å². The molecule has 1 N–H and O–H groups in total. The lowest BCUT2D eigenvalue weighted by molar-refractivity contribution is -0.146. The van der Waals surface area contributed by atoms with Gasteiger partial charge < -0.3 is 14.7 Å². The van der Waals surface area contributed by atoms with Crippen LogP contribution in [0.25, 0.3) is 0 Å². The summed E-state index contributed by atoms with van der Waals surface area (Å²) in [5.41, 5.74) is 0. The Morgan fingerprint density at radius 2 is 1.95 bits per heavy atom. The van der Waals surface area contributed by atoms with E-state index in [0.29, 0.717) is 19.4 Å². The largest absolute Gasteiger partial charge is 0.494 e. The van der Waals surface area contributed by atoms with Crippen LogP contribution in [0.4, 0.5) is 0 Å². The van der Waals surface area contributed by atoms with Crippen molar-refractivity contribution in [2.24, 2.45) is 0 Å². The first-order valence-corrected chi connectivity index (χ1v) is 7.23. The summed E-state index contributed by atoms with van der Waals surface area (Å²) in [6, 6.07) is 9.33. The van der Waals surface area contributed by atoms with Crippen molar-refractivity contribution in [2.45, 2.75) is 39.2 Å². The van der Waals surface area contributed by atoms with E-state index in [4.69, 9.17) is 9.84 Å². The first-order chi connectivity index (χ1) is 10.0. The average molecular weight is 293 g/mol. The Hall–Kier alpha value is -2.04. The highest BCUT2D eigenvalue weighted by molar-refractivity contribution is 5.81. The Morgan fingerprint density at radius 3 is 2.52 bits per heavy atom. The third kappa shape index (κ3) is 6.29. The lowest BCUT2D eigenvalue weighted by Gasteiger charge is -2.27. The monoisotopic (exact) mass is 293 g/mol. The summed E-state index contributed by atoms with van der Waals surface area (Å²) in [5, 5.41) is 8.88. The Balaban J connectivity index is 2.37. The van der Waals surface area contributed by atoms with Gasteiger partial charge in [0.15, 0.2) is 0 Å². The van der Waals surface area contributed by atoms with Gasteiger partial charge in [0.05, 0.1) is 6.61 Å². The van der Waals surface area contributed by atoms with Gasteiger partial charge in [0.1, 0.15) is 12.3 Å². The smallest absolute Gasteiger partial charge is 0.323 e. The highest BCUT2D eigenvalue weighted by atomic mass is 16.5. The molecule has 5 nitrogen and oxygen atoms in total. The Labute approximate surface area is 125 Å². The van der Waals surface area contributed by atoms with Gasteiger partial charge in [-0.3, -0.25) is 9.59 Å².